The van der Waals surface area contributed by atoms with Crippen LogP contribution in [0.25, 0.3) is 0 Å². The summed E-state index contributed by atoms with van der Waals surface area (Å²) in [7, 11) is -3.86. The van der Waals surface area contributed by atoms with Crippen molar-refractivity contribution in [2.24, 2.45) is 11.3 Å². The smallest absolute Gasteiger partial charge is 0.374 e. The average molecular weight is 484 g/mol. The lowest BCUT2D eigenvalue weighted by molar-refractivity contribution is -0.138. The Kier molecular flexibility index (Phi) is 8.23. The third kappa shape index (κ3) is 6.58. The summed E-state index contributed by atoms with van der Waals surface area (Å²) in [5.41, 5.74) is 0.303. The molecule has 0 bridgehead atoms. The van der Waals surface area contributed by atoms with Gasteiger partial charge in [0.1, 0.15) is 0 Å². The van der Waals surface area contributed by atoms with E-state index in [1.54, 1.807) is 6.92 Å². The van der Waals surface area contributed by atoms with Gasteiger partial charge in [-0.05, 0) is 50.3 Å². The fourth-order valence-corrected chi connectivity index (χ4v) is 5.57. The Labute approximate surface area is 197 Å². The molecule has 33 heavy (non-hydrogen) atoms. The molecule has 9 nitrogen and oxygen atoms in total. The van der Waals surface area contributed by atoms with Gasteiger partial charge in [0.05, 0.1) is 6.61 Å². The standard InChI is InChI=1S/C23H37N3O6S/c1-5-31-22(28)19-6-7-20(32-19)33(29,30)26-11-8-18(9-12-26)21(27)25-16-14-24(15-17-25)13-10-23(2,3)4/h6-7,18H,5,8-17H2,1-4H3. The quantitative estimate of drug-likeness (QED) is 0.549. The summed E-state index contributed by atoms with van der Waals surface area (Å²) in [5, 5.41) is -0.276. The highest BCUT2D eigenvalue weighted by atomic mass is 32.2. The van der Waals surface area contributed by atoms with Crippen LogP contribution in [0.2, 0.25) is 0 Å². The Bertz CT molecular complexity index is 920. The SMILES string of the molecule is CCOC(=O)c1ccc(S(=O)(=O)N2CCC(C(=O)N3CCN(CCC(C)(C)C)CC3)CC2)o1. The van der Waals surface area contributed by atoms with Crippen LogP contribution >= 0.6 is 0 Å². The molecule has 1 amide bonds. The number of amides is 1. The Morgan fingerprint density at radius 2 is 1.70 bits per heavy atom. The number of hydrogen-bond donors (Lipinski definition) is 0. The van der Waals surface area contributed by atoms with Gasteiger partial charge in [0.15, 0.2) is 0 Å². The Balaban J connectivity index is 1.49. The summed E-state index contributed by atoms with van der Waals surface area (Å²) in [4.78, 5) is 29.1. The van der Waals surface area contributed by atoms with Crippen LogP contribution in [-0.2, 0) is 19.6 Å². The maximum Gasteiger partial charge on any atom is 0.374 e. The molecular weight excluding hydrogens is 446 g/mol. The molecule has 2 fully saturated rings. The van der Waals surface area contributed by atoms with E-state index < -0.39 is 16.0 Å². The van der Waals surface area contributed by atoms with Gasteiger partial charge in [-0.1, -0.05) is 20.8 Å². The number of nitrogens with zero attached hydrogens (tertiary/aromatic N) is 3. The minimum Gasteiger partial charge on any atom is -0.460 e. The van der Waals surface area contributed by atoms with Gasteiger partial charge in [-0.3, -0.25) is 9.69 Å². The number of esters is 1. The number of ether oxygens (including phenoxy) is 1. The van der Waals surface area contributed by atoms with Crippen LogP contribution in [-0.4, -0.2) is 86.8 Å². The van der Waals surface area contributed by atoms with Crippen molar-refractivity contribution < 1.29 is 27.2 Å². The third-order valence-electron chi connectivity index (χ3n) is 6.32. The molecular formula is C23H37N3O6S. The second-order valence-corrected chi connectivity index (χ2v) is 11.9. The molecule has 0 unspecified atom stereocenters. The molecule has 0 aromatic carbocycles. The summed E-state index contributed by atoms with van der Waals surface area (Å²) in [6.45, 7) is 13.3. The highest BCUT2D eigenvalue weighted by molar-refractivity contribution is 7.89. The maximum absolute atomic E-state index is 13.0. The summed E-state index contributed by atoms with van der Waals surface area (Å²) in [6, 6.07) is 2.58. The topological polar surface area (TPSA) is 100 Å². The predicted molar refractivity (Wildman–Crippen MR) is 123 cm³/mol. The predicted octanol–water partition coefficient (Wildman–Crippen LogP) is 2.44. The highest BCUT2D eigenvalue weighted by Crippen LogP contribution is 2.27. The number of hydrogen-bond acceptors (Lipinski definition) is 7. The van der Waals surface area contributed by atoms with Gasteiger partial charge in [0.2, 0.25) is 16.8 Å². The van der Waals surface area contributed by atoms with E-state index in [0.29, 0.717) is 18.3 Å². The van der Waals surface area contributed by atoms with Gasteiger partial charge in [-0.15, -0.1) is 0 Å². The largest absolute Gasteiger partial charge is 0.460 e. The van der Waals surface area contributed by atoms with Crippen LogP contribution < -0.4 is 0 Å². The summed E-state index contributed by atoms with van der Waals surface area (Å²) >= 11 is 0. The fraction of sp³-hybridized carbons (Fsp3) is 0.739. The molecule has 10 heteroatoms. The van der Waals surface area contributed by atoms with Crippen molar-refractivity contribution in [3.63, 3.8) is 0 Å². The van der Waals surface area contributed by atoms with Crippen LogP contribution in [0.3, 0.4) is 0 Å². The average Bonchev–Trinajstić information content (AvgIpc) is 3.29. The van der Waals surface area contributed by atoms with E-state index in [4.69, 9.17) is 9.15 Å². The van der Waals surface area contributed by atoms with Gasteiger partial charge >= 0.3 is 5.97 Å². The fourth-order valence-electron chi connectivity index (χ4n) is 4.18. The van der Waals surface area contributed by atoms with Crippen molar-refractivity contribution >= 4 is 21.9 Å². The second kappa shape index (κ2) is 10.6. The highest BCUT2D eigenvalue weighted by Gasteiger charge is 2.36. The lowest BCUT2D eigenvalue weighted by Gasteiger charge is -2.38. The zero-order valence-corrected chi connectivity index (χ0v) is 21.0. The van der Waals surface area contributed by atoms with E-state index in [9.17, 15) is 18.0 Å². The molecule has 2 saturated heterocycles. The first-order valence-corrected chi connectivity index (χ1v) is 13.2. The molecule has 1 aromatic rings. The zero-order chi connectivity index (χ0) is 24.2. The molecule has 0 aliphatic carbocycles. The first-order chi connectivity index (χ1) is 15.5. The molecule has 2 aliphatic heterocycles. The molecule has 0 N–H and O–H groups in total. The summed E-state index contributed by atoms with van der Waals surface area (Å²) < 4.78 is 37.2. The Hall–Kier alpha value is -1.91. The van der Waals surface area contributed by atoms with Gasteiger partial charge in [0.25, 0.3) is 10.0 Å². The Morgan fingerprint density at radius 1 is 1.06 bits per heavy atom. The Morgan fingerprint density at radius 3 is 2.27 bits per heavy atom. The van der Waals surface area contributed by atoms with Crippen LogP contribution in [0.5, 0.6) is 0 Å². The summed E-state index contributed by atoms with van der Waals surface area (Å²) in [5.74, 6) is -0.863. The van der Waals surface area contributed by atoms with Crippen molar-refractivity contribution in [1.29, 1.82) is 0 Å². The lowest BCUT2D eigenvalue weighted by Crippen LogP contribution is -2.52. The number of piperazine rings is 1. The molecule has 0 spiro atoms. The lowest BCUT2D eigenvalue weighted by atomic mass is 9.92. The van der Waals surface area contributed by atoms with Crippen molar-refractivity contribution in [3.8, 4) is 0 Å². The van der Waals surface area contributed by atoms with E-state index in [2.05, 4.69) is 25.7 Å². The van der Waals surface area contributed by atoms with Crippen LogP contribution in [0.4, 0.5) is 0 Å². The molecule has 1 aromatic heterocycles. The first kappa shape index (κ1) is 25.7. The molecule has 186 valence electrons. The number of piperidine rings is 1. The second-order valence-electron chi connectivity index (χ2n) is 10.00. The molecule has 0 radical (unpaired) electrons. The maximum atomic E-state index is 13.0. The zero-order valence-electron chi connectivity index (χ0n) is 20.2. The number of rotatable bonds is 7. The van der Waals surface area contributed by atoms with E-state index in [1.165, 1.54) is 16.4 Å². The minimum absolute atomic E-state index is 0.130. The van der Waals surface area contributed by atoms with Crippen molar-refractivity contribution in [2.75, 3.05) is 52.4 Å². The van der Waals surface area contributed by atoms with Crippen molar-refractivity contribution in [2.45, 2.75) is 52.0 Å². The minimum atomic E-state index is -3.86. The van der Waals surface area contributed by atoms with E-state index in [1.807, 2.05) is 4.90 Å². The number of carbonyl (C=O) groups excluding carboxylic acids is 2. The van der Waals surface area contributed by atoms with Gasteiger partial charge in [-0.2, -0.15) is 4.31 Å². The number of sulfonamides is 1. The first-order valence-electron chi connectivity index (χ1n) is 11.8. The third-order valence-corrected chi connectivity index (χ3v) is 8.09. The van der Waals surface area contributed by atoms with E-state index in [-0.39, 0.29) is 42.4 Å². The van der Waals surface area contributed by atoms with Crippen molar-refractivity contribution in [3.05, 3.63) is 17.9 Å². The van der Waals surface area contributed by atoms with E-state index >= 15 is 0 Å². The van der Waals surface area contributed by atoms with Gasteiger partial charge in [-0.25, -0.2) is 13.2 Å². The molecule has 3 rings (SSSR count). The normalized spacial score (nSPS) is 19.6. The van der Waals surface area contributed by atoms with Gasteiger partial charge in [0, 0.05) is 45.2 Å². The van der Waals surface area contributed by atoms with Crippen molar-refractivity contribution in [1.82, 2.24) is 14.1 Å². The van der Waals surface area contributed by atoms with Crippen LogP contribution in [0, 0.1) is 11.3 Å². The van der Waals surface area contributed by atoms with E-state index in [0.717, 1.165) is 39.1 Å². The molecule has 2 aliphatic rings. The molecule has 0 saturated carbocycles. The summed E-state index contributed by atoms with van der Waals surface area (Å²) in [6.07, 6.45) is 2.09. The molecule has 0 atom stereocenters. The van der Waals surface area contributed by atoms with Crippen LogP contribution in [0.1, 0.15) is 57.5 Å². The number of furan rings is 1. The van der Waals surface area contributed by atoms with Gasteiger partial charge < -0.3 is 14.1 Å². The van der Waals surface area contributed by atoms with Crippen LogP contribution in [0.15, 0.2) is 21.6 Å². The molecule has 3 heterocycles. The monoisotopic (exact) mass is 483 g/mol. The number of carbonyl (C=O) groups is 2.